The number of aromatic nitrogens is 3. The molecule has 5 heteroatoms. The average molecular weight is 264 g/mol. The number of aryl methyl sites for hydroxylation is 1. The van der Waals surface area contributed by atoms with E-state index in [9.17, 15) is 0 Å². The molecule has 2 heterocycles. The van der Waals surface area contributed by atoms with Crippen molar-refractivity contribution in [2.75, 3.05) is 0 Å². The Morgan fingerprint density at radius 1 is 1.44 bits per heavy atom. The van der Waals surface area contributed by atoms with Gasteiger partial charge in [0.05, 0.1) is 28.8 Å². The molecular weight excluding hydrogens is 244 g/mol. The molecule has 0 aliphatic carbocycles. The standard InChI is InChI=1S/C13H20N4S/c1-13(2,3)11-7-18-12(16-11)5-9(14)10-6-15-8-17(10)4/h6-9H,5,14H2,1-4H3. The first kappa shape index (κ1) is 13.2. The molecule has 0 radical (unpaired) electrons. The van der Waals surface area contributed by atoms with Crippen molar-refractivity contribution in [2.45, 2.75) is 38.6 Å². The molecule has 0 aliphatic rings. The van der Waals surface area contributed by atoms with E-state index in [1.54, 1.807) is 17.7 Å². The van der Waals surface area contributed by atoms with E-state index < -0.39 is 0 Å². The van der Waals surface area contributed by atoms with Crippen LogP contribution in [0.5, 0.6) is 0 Å². The van der Waals surface area contributed by atoms with Gasteiger partial charge in [-0.2, -0.15) is 0 Å². The number of imidazole rings is 1. The molecule has 2 rings (SSSR count). The third-order valence-electron chi connectivity index (χ3n) is 2.95. The molecular formula is C13H20N4S. The minimum atomic E-state index is -0.0449. The SMILES string of the molecule is Cn1cncc1C(N)Cc1nc(C(C)(C)C)cs1. The molecule has 4 nitrogen and oxygen atoms in total. The average Bonchev–Trinajstić information content (AvgIpc) is 2.85. The van der Waals surface area contributed by atoms with Crippen LogP contribution >= 0.6 is 11.3 Å². The third kappa shape index (κ3) is 2.79. The summed E-state index contributed by atoms with van der Waals surface area (Å²) in [5.74, 6) is 0. The molecule has 18 heavy (non-hydrogen) atoms. The first-order valence-electron chi connectivity index (χ1n) is 6.04. The molecule has 98 valence electrons. The van der Waals surface area contributed by atoms with E-state index in [0.717, 1.165) is 22.8 Å². The van der Waals surface area contributed by atoms with Gasteiger partial charge in [-0.25, -0.2) is 9.97 Å². The summed E-state index contributed by atoms with van der Waals surface area (Å²) in [6.45, 7) is 6.52. The zero-order valence-corrected chi connectivity index (χ0v) is 12.2. The normalized spacial score (nSPS) is 13.8. The van der Waals surface area contributed by atoms with E-state index in [2.05, 4.69) is 36.1 Å². The number of hydrogen-bond donors (Lipinski definition) is 1. The molecule has 2 N–H and O–H groups in total. The van der Waals surface area contributed by atoms with Crippen molar-refractivity contribution >= 4 is 11.3 Å². The van der Waals surface area contributed by atoms with E-state index >= 15 is 0 Å². The van der Waals surface area contributed by atoms with Gasteiger partial charge in [-0.3, -0.25) is 0 Å². The van der Waals surface area contributed by atoms with E-state index in [-0.39, 0.29) is 11.5 Å². The highest BCUT2D eigenvalue weighted by Gasteiger charge is 2.19. The van der Waals surface area contributed by atoms with Gasteiger partial charge in [0.1, 0.15) is 0 Å². The summed E-state index contributed by atoms with van der Waals surface area (Å²) in [7, 11) is 1.96. The number of nitrogens with zero attached hydrogens (tertiary/aromatic N) is 3. The number of hydrogen-bond acceptors (Lipinski definition) is 4. The lowest BCUT2D eigenvalue weighted by molar-refractivity contribution is 0.567. The molecule has 2 aromatic heterocycles. The molecule has 0 spiro atoms. The molecule has 0 saturated carbocycles. The fraction of sp³-hybridized carbons (Fsp3) is 0.538. The highest BCUT2D eigenvalue weighted by atomic mass is 32.1. The van der Waals surface area contributed by atoms with E-state index in [0.29, 0.717) is 0 Å². The van der Waals surface area contributed by atoms with Crippen LogP contribution in [0, 0.1) is 0 Å². The summed E-state index contributed by atoms with van der Waals surface area (Å²) in [6.07, 6.45) is 4.36. The Morgan fingerprint density at radius 3 is 2.67 bits per heavy atom. The maximum atomic E-state index is 6.20. The second-order valence-corrected chi connectivity index (χ2v) is 6.56. The van der Waals surface area contributed by atoms with Crippen molar-refractivity contribution < 1.29 is 0 Å². The minimum absolute atomic E-state index is 0.0449. The Kier molecular flexibility index (Phi) is 3.54. The lowest BCUT2D eigenvalue weighted by Crippen LogP contribution is -2.17. The monoisotopic (exact) mass is 264 g/mol. The molecule has 0 bridgehead atoms. The number of thiazole rings is 1. The van der Waals surface area contributed by atoms with Crippen LogP contribution in [-0.2, 0) is 18.9 Å². The third-order valence-corrected chi connectivity index (χ3v) is 3.82. The summed E-state index contributed by atoms with van der Waals surface area (Å²) in [4.78, 5) is 8.76. The highest BCUT2D eigenvalue weighted by Crippen LogP contribution is 2.25. The topological polar surface area (TPSA) is 56.7 Å². The first-order valence-corrected chi connectivity index (χ1v) is 6.92. The first-order chi connectivity index (χ1) is 8.38. The largest absolute Gasteiger partial charge is 0.336 e. The van der Waals surface area contributed by atoms with Gasteiger partial charge < -0.3 is 10.3 Å². The number of rotatable bonds is 3. The zero-order valence-electron chi connectivity index (χ0n) is 11.3. The Morgan fingerprint density at radius 2 is 2.17 bits per heavy atom. The Balaban J connectivity index is 2.11. The molecule has 0 aliphatic heterocycles. The second kappa shape index (κ2) is 4.82. The smallest absolute Gasteiger partial charge is 0.0948 e. The maximum Gasteiger partial charge on any atom is 0.0948 e. The van der Waals surface area contributed by atoms with Crippen LogP contribution in [0.25, 0.3) is 0 Å². The summed E-state index contributed by atoms with van der Waals surface area (Å²) in [6, 6.07) is -0.0449. The van der Waals surface area contributed by atoms with Gasteiger partial charge in [-0.05, 0) is 0 Å². The molecule has 0 aromatic carbocycles. The van der Waals surface area contributed by atoms with Crippen LogP contribution in [-0.4, -0.2) is 14.5 Å². The minimum Gasteiger partial charge on any atom is -0.336 e. The number of nitrogens with two attached hydrogens (primary N) is 1. The van der Waals surface area contributed by atoms with Crippen LogP contribution in [0.2, 0.25) is 0 Å². The van der Waals surface area contributed by atoms with Crippen LogP contribution in [0.1, 0.15) is 43.2 Å². The maximum absolute atomic E-state index is 6.20. The van der Waals surface area contributed by atoms with Crippen molar-refractivity contribution in [3.63, 3.8) is 0 Å². The van der Waals surface area contributed by atoms with E-state index in [1.165, 1.54) is 0 Å². The molecule has 0 saturated heterocycles. The van der Waals surface area contributed by atoms with Crippen molar-refractivity contribution in [3.8, 4) is 0 Å². The van der Waals surface area contributed by atoms with Crippen molar-refractivity contribution in [2.24, 2.45) is 12.8 Å². The van der Waals surface area contributed by atoms with Crippen LogP contribution in [0.3, 0.4) is 0 Å². The van der Waals surface area contributed by atoms with Crippen molar-refractivity contribution in [1.82, 2.24) is 14.5 Å². The molecule has 0 fully saturated rings. The lowest BCUT2D eigenvalue weighted by atomic mass is 9.93. The molecule has 0 amide bonds. The van der Waals surface area contributed by atoms with Gasteiger partial charge in [-0.15, -0.1) is 11.3 Å². The molecule has 2 aromatic rings. The van der Waals surface area contributed by atoms with Gasteiger partial charge in [0.15, 0.2) is 0 Å². The van der Waals surface area contributed by atoms with Crippen LogP contribution < -0.4 is 5.73 Å². The molecule has 1 atom stereocenters. The fourth-order valence-corrected chi connectivity index (χ4v) is 2.85. The Bertz CT molecular complexity index is 521. The van der Waals surface area contributed by atoms with Crippen molar-refractivity contribution in [3.05, 3.63) is 34.3 Å². The van der Waals surface area contributed by atoms with Gasteiger partial charge >= 0.3 is 0 Å². The second-order valence-electron chi connectivity index (χ2n) is 5.62. The fourth-order valence-electron chi connectivity index (χ4n) is 1.77. The van der Waals surface area contributed by atoms with Gasteiger partial charge in [0, 0.05) is 30.5 Å². The summed E-state index contributed by atoms with van der Waals surface area (Å²) < 4.78 is 1.96. The van der Waals surface area contributed by atoms with E-state index in [4.69, 9.17) is 5.73 Å². The van der Waals surface area contributed by atoms with Crippen molar-refractivity contribution in [1.29, 1.82) is 0 Å². The van der Waals surface area contributed by atoms with Crippen LogP contribution in [0.4, 0.5) is 0 Å². The quantitative estimate of drug-likeness (QED) is 0.926. The van der Waals surface area contributed by atoms with Gasteiger partial charge in [0.25, 0.3) is 0 Å². The lowest BCUT2D eigenvalue weighted by Gasteiger charge is -2.14. The highest BCUT2D eigenvalue weighted by molar-refractivity contribution is 7.09. The zero-order chi connectivity index (χ0) is 13.3. The Labute approximate surface area is 112 Å². The summed E-state index contributed by atoms with van der Waals surface area (Å²) in [5.41, 5.74) is 8.48. The van der Waals surface area contributed by atoms with Gasteiger partial charge in [-0.1, -0.05) is 20.8 Å². The summed E-state index contributed by atoms with van der Waals surface area (Å²) in [5, 5.41) is 3.22. The van der Waals surface area contributed by atoms with Crippen LogP contribution in [0.15, 0.2) is 17.9 Å². The molecule has 1 unspecified atom stereocenters. The predicted molar refractivity (Wildman–Crippen MR) is 74.7 cm³/mol. The van der Waals surface area contributed by atoms with E-state index in [1.807, 2.05) is 17.8 Å². The van der Waals surface area contributed by atoms with Gasteiger partial charge in [0.2, 0.25) is 0 Å². The Hall–Kier alpha value is -1.20. The predicted octanol–water partition coefficient (Wildman–Crippen LogP) is 2.42. The summed E-state index contributed by atoms with van der Waals surface area (Å²) >= 11 is 1.69.